The van der Waals surface area contributed by atoms with Gasteiger partial charge in [0.2, 0.25) is 11.7 Å². The van der Waals surface area contributed by atoms with E-state index in [1.807, 2.05) is 12.1 Å². The molecule has 3 aromatic rings. The predicted octanol–water partition coefficient (Wildman–Crippen LogP) is -0.140. The van der Waals surface area contributed by atoms with Crippen molar-refractivity contribution in [3.8, 4) is 17.2 Å². The number of aromatic amines is 1. The molecule has 0 saturated carbocycles. The lowest BCUT2D eigenvalue weighted by molar-refractivity contribution is -0.0451. The summed E-state index contributed by atoms with van der Waals surface area (Å²) < 4.78 is 37.3. The van der Waals surface area contributed by atoms with Gasteiger partial charge in [-0.2, -0.15) is 4.98 Å². The summed E-state index contributed by atoms with van der Waals surface area (Å²) in [4.78, 5) is 50.2. The topological polar surface area (TPSA) is 257 Å². The molecule has 42 heavy (non-hydrogen) atoms. The van der Waals surface area contributed by atoms with Crippen molar-refractivity contribution < 1.29 is 42.9 Å². The molecule has 0 unspecified atom stereocenters. The molecule has 3 atom stereocenters. The van der Waals surface area contributed by atoms with E-state index in [4.69, 9.17) is 40.2 Å². The maximum atomic E-state index is 11.7. The van der Waals surface area contributed by atoms with Crippen LogP contribution in [-0.4, -0.2) is 74.6 Å². The minimum Gasteiger partial charge on any atom is -0.493 e. The number of hydrogen-bond acceptors (Lipinski definition) is 13. The molecule has 8 N–H and O–H groups in total. The monoisotopic (exact) mass is 612 g/mol. The number of phosphoric ester groups is 1. The number of hydrogen-bond donors (Lipinski definition) is 6. The van der Waals surface area contributed by atoms with E-state index in [0.29, 0.717) is 35.1 Å². The lowest BCUT2D eigenvalue weighted by Crippen LogP contribution is -2.33. The summed E-state index contributed by atoms with van der Waals surface area (Å²) in [5, 5.41) is 9.79. The normalized spacial score (nSPS) is 18.2. The van der Waals surface area contributed by atoms with Crippen molar-refractivity contribution in [1.29, 1.82) is 0 Å². The summed E-state index contributed by atoms with van der Waals surface area (Å²) in [6.07, 6.45) is 0.575. The number of anilines is 2. The number of aryl methyl sites for hydroxylation is 1. The minimum atomic E-state index is -4.67. The van der Waals surface area contributed by atoms with Crippen LogP contribution >= 0.6 is 7.82 Å². The zero-order chi connectivity index (χ0) is 31.2. The largest absolute Gasteiger partial charge is 0.493 e. The molecule has 1 aliphatic heterocycles. The molecule has 1 fully saturated rings. The SMILES string of the molecule is COc1cc(Cc2cnc(N)nc2N)cc(OC)c1OC.Cc1cn([C@H]2C[C@H](O)[C@@H](COP(=O)(O)O)O2)c(=O)[nH]c1=O. The standard InChI is InChI=1S/C14H18N4O3.C10H15N2O8P/c1-19-10-5-8(6-11(20-2)12(10)21-3)4-9-7-17-14(16)18-13(9)15;1-5-3-12(10(15)11-9(5)14)8-2-6(13)7(20-8)4-19-21(16,17)18/h5-7H,4H2,1-3H3,(H4,15,16,17,18);3,6-8,13H,2,4H2,1H3,(H,11,14,15)(H2,16,17,18)/t;6-,7+,8+/m.0/s1. The smallest absolute Gasteiger partial charge is 0.469 e. The van der Waals surface area contributed by atoms with Gasteiger partial charge < -0.3 is 45.3 Å². The number of phosphoric acid groups is 1. The average Bonchev–Trinajstić information content (AvgIpc) is 3.30. The highest BCUT2D eigenvalue weighted by atomic mass is 31.2. The Morgan fingerprint density at radius 1 is 1.14 bits per heavy atom. The van der Waals surface area contributed by atoms with Crippen molar-refractivity contribution in [2.45, 2.75) is 38.2 Å². The molecule has 0 radical (unpaired) electrons. The Labute approximate surface area is 239 Å². The van der Waals surface area contributed by atoms with Gasteiger partial charge in [0.15, 0.2) is 11.5 Å². The second-order valence-corrected chi connectivity index (χ2v) is 10.3. The van der Waals surface area contributed by atoms with Crippen molar-refractivity contribution in [3.05, 3.63) is 62.1 Å². The number of nitrogens with zero attached hydrogens (tertiary/aromatic N) is 3. The molecule has 0 amide bonds. The zero-order valence-electron chi connectivity index (χ0n) is 23.2. The molecule has 0 bridgehead atoms. The van der Waals surface area contributed by atoms with Crippen molar-refractivity contribution in [2.75, 3.05) is 39.4 Å². The molecule has 0 aliphatic carbocycles. The van der Waals surface area contributed by atoms with E-state index in [-0.39, 0.29) is 12.4 Å². The quantitative estimate of drug-likeness (QED) is 0.172. The van der Waals surface area contributed by atoms with E-state index in [1.165, 1.54) is 13.1 Å². The fraction of sp³-hybridized carbons (Fsp3) is 0.417. The second-order valence-electron chi connectivity index (χ2n) is 9.05. The summed E-state index contributed by atoms with van der Waals surface area (Å²) in [6.45, 7) is 0.994. The molecule has 17 nitrogen and oxygen atoms in total. The van der Waals surface area contributed by atoms with Gasteiger partial charge in [0.1, 0.15) is 18.1 Å². The Kier molecular flexibility index (Phi) is 10.7. The van der Waals surface area contributed by atoms with Crippen LogP contribution in [0.4, 0.5) is 11.8 Å². The molecule has 3 heterocycles. The Balaban J connectivity index is 0.000000230. The first-order valence-corrected chi connectivity index (χ1v) is 13.8. The number of rotatable bonds is 9. The molecule has 2 aromatic heterocycles. The first-order valence-electron chi connectivity index (χ1n) is 12.3. The van der Waals surface area contributed by atoms with Crippen LogP contribution in [0.15, 0.2) is 34.1 Å². The molecule has 18 heteroatoms. The van der Waals surface area contributed by atoms with Gasteiger partial charge in [0.25, 0.3) is 5.56 Å². The van der Waals surface area contributed by atoms with Crippen molar-refractivity contribution in [1.82, 2.24) is 19.5 Å². The lowest BCUT2D eigenvalue weighted by Gasteiger charge is -2.16. The zero-order valence-corrected chi connectivity index (χ0v) is 24.1. The Morgan fingerprint density at radius 3 is 2.33 bits per heavy atom. The summed E-state index contributed by atoms with van der Waals surface area (Å²) in [5.74, 6) is 2.23. The third kappa shape index (κ3) is 8.28. The maximum Gasteiger partial charge on any atom is 0.469 e. The van der Waals surface area contributed by atoms with Crippen LogP contribution in [0.3, 0.4) is 0 Å². The van der Waals surface area contributed by atoms with Crippen LogP contribution in [0.5, 0.6) is 17.2 Å². The summed E-state index contributed by atoms with van der Waals surface area (Å²) in [7, 11) is 0.0363. The van der Waals surface area contributed by atoms with Crippen molar-refractivity contribution >= 4 is 19.6 Å². The van der Waals surface area contributed by atoms with Gasteiger partial charge >= 0.3 is 13.5 Å². The average molecular weight is 613 g/mol. The Hall–Kier alpha value is -3.99. The number of aliphatic hydroxyl groups is 1. The molecule has 230 valence electrons. The van der Waals surface area contributed by atoms with Gasteiger partial charge in [-0.1, -0.05) is 0 Å². The van der Waals surface area contributed by atoms with Gasteiger partial charge in [0.05, 0.1) is 34.0 Å². The number of aliphatic hydroxyl groups excluding tert-OH is 1. The molecule has 4 rings (SSSR count). The van der Waals surface area contributed by atoms with Crippen LogP contribution in [0, 0.1) is 6.92 Å². The number of nitrogens with one attached hydrogen (secondary N) is 1. The highest BCUT2D eigenvalue weighted by Gasteiger charge is 2.37. The number of benzene rings is 1. The van der Waals surface area contributed by atoms with E-state index >= 15 is 0 Å². The van der Waals surface area contributed by atoms with Crippen LogP contribution in [0.2, 0.25) is 0 Å². The van der Waals surface area contributed by atoms with Crippen molar-refractivity contribution in [2.24, 2.45) is 0 Å². The second kappa shape index (κ2) is 13.8. The van der Waals surface area contributed by atoms with Crippen LogP contribution in [0.1, 0.15) is 29.3 Å². The van der Waals surface area contributed by atoms with Gasteiger partial charge in [0, 0.05) is 36.4 Å². The third-order valence-corrected chi connectivity index (χ3v) is 6.59. The first-order chi connectivity index (χ1) is 19.8. The molecule has 1 saturated heterocycles. The Morgan fingerprint density at radius 2 is 1.79 bits per heavy atom. The van der Waals surface area contributed by atoms with Crippen LogP contribution < -0.4 is 36.9 Å². The fourth-order valence-electron chi connectivity index (χ4n) is 4.03. The molecular formula is C24H33N6O11P. The first kappa shape index (κ1) is 32.5. The van der Waals surface area contributed by atoms with E-state index in [1.54, 1.807) is 27.5 Å². The number of nitrogen functional groups attached to an aromatic ring is 2. The van der Waals surface area contributed by atoms with E-state index < -0.39 is 44.1 Å². The number of nitrogens with two attached hydrogens (primary N) is 2. The number of methoxy groups -OCH3 is 3. The summed E-state index contributed by atoms with van der Waals surface area (Å²) >= 11 is 0. The van der Waals surface area contributed by atoms with Gasteiger partial charge in [-0.25, -0.2) is 14.3 Å². The molecule has 0 spiro atoms. The highest BCUT2D eigenvalue weighted by Crippen LogP contribution is 2.39. The fourth-order valence-corrected chi connectivity index (χ4v) is 4.38. The predicted molar refractivity (Wildman–Crippen MR) is 148 cm³/mol. The molecule has 1 aromatic carbocycles. The van der Waals surface area contributed by atoms with Gasteiger partial charge in [-0.15, -0.1) is 0 Å². The van der Waals surface area contributed by atoms with Crippen LogP contribution in [0.25, 0.3) is 0 Å². The lowest BCUT2D eigenvalue weighted by atomic mass is 10.1. The van der Waals surface area contributed by atoms with Crippen LogP contribution in [-0.2, 0) is 20.2 Å². The van der Waals surface area contributed by atoms with E-state index in [0.717, 1.165) is 15.7 Å². The summed E-state index contributed by atoms with van der Waals surface area (Å²) in [6, 6.07) is 3.72. The van der Waals surface area contributed by atoms with Crippen molar-refractivity contribution in [3.63, 3.8) is 0 Å². The molecule has 1 aliphatic rings. The van der Waals surface area contributed by atoms with Gasteiger partial charge in [-0.05, 0) is 24.6 Å². The third-order valence-electron chi connectivity index (χ3n) is 6.10. The number of aromatic nitrogens is 4. The number of H-pyrrole nitrogens is 1. The number of ether oxygens (including phenoxy) is 4. The minimum absolute atomic E-state index is 0.0283. The van der Waals surface area contributed by atoms with Gasteiger partial charge in [-0.3, -0.25) is 18.9 Å². The van der Waals surface area contributed by atoms with E-state index in [2.05, 4.69) is 19.5 Å². The highest BCUT2D eigenvalue weighted by molar-refractivity contribution is 7.46. The summed E-state index contributed by atoms with van der Waals surface area (Å²) in [5.41, 5.74) is 12.1. The van der Waals surface area contributed by atoms with E-state index in [9.17, 15) is 19.3 Å². The Bertz CT molecular complexity index is 1530. The maximum absolute atomic E-state index is 11.7. The molecular weight excluding hydrogens is 579 g/mol.